The van der Waals surface area contributed by atoms with E-state index >= 15 is 0 Å². The van der Waals surface area contributed by atoms with Gasteiger partial charge in [0.05, 0.1) is 13.2 Å². The second-order valence-electron chi connectivity index (χ2n) is 7.16. The van der Waals surface area contributed by atoms with E-state index in [4.69, 9.17) is 10.2 Å². The number of hydrogen-bond donors (Lipinski definition) is 2. The normalized spacial score (nSPS) is 11.3. The van der Waals surface area contributed by atoms with E-state index in [1.165, 1.54) is 70.6 Å². The molecule has 0 rings (SSSR count). The Balaban J connectivity index is 3.39. The number of aliphatic hydroxyl groups is 2. The van der Waals surface area contributed by atoms with Crippen LogP contribution in [0.4, 0.5) is 0 Å². The number of unbranched alkanes of at least 4 members (excludes halogenated alkanes) is 11. The lowest BCUT2D eigenvalue weighted by atomic mass is 10.1. The molecular weight excluding hydrogens is 326 g/mol. The van der Waals surface area contributed by atoms with Crippen LogP contribution in [-0.4, -0.2) is 47.3 Å². The molecule has 0 saturated carbocycles. The molecule has 0 aliphatic carbocycles. The van der Waals surface area contributed by atoms with Crippen molar-refractivity contribution in [3.63, 3.8) is 0 Å². The van der Waals surface area contributed by atoms with E-state index in [0.29, 0.717) is 19.5 Å². The van der Waals surface area contributed by atoms with Crippen LogP contribution in [0.2, 0.25) is 0 Å². The van der Waals surface area contributed by atoms with E-state index < -0.39 is 0 Å². The highest BCUT2D eigenvalue weighted by atomic mass is 16.3. The molecule has 0 unspecified atom stereocenters. The van der Waals surface area contributed by atoms with E-state index in [-0.39, 0.29) is 19.1 Å². The summed E-state index contributed by atoms with van der Waals surface area (Å²) in [4.78, 5) is 13.5. The predicted molar refractivity (Wildman–Crippen MR) is 110 cm³/mol. The Hall–Kier alpha value is -0.870. The van der Waals surface area contributed by atoms with Gasteiger partial charge in [-0.15, -0.1) is 0 Å². The molecule has 2 N–H and O–H groups in total. The molecule has 4 heteroatoms. The molecule has 0 aliphatic heterocycles. The number of hydrogen-bond acceptors (Lipinski definition) is 3. The molecule has 0 fully saturated rings. The summed E-state index contributed by atoms with van der Waals surface area (Å²) in [5.74, 6) is 0.0470. The highest BCUT2D eigenvalue weighted by Crippen LogP contribution is 2.10. The molecule has 4 nitrogen and oxygen atoms in total. The van der Waals surface area contributed by atoms with Crippen LogP contribution in [0.5, 0.6) is 0 Å². The molecule has 0 heterocycles. The smallest absolute Gasteiger partial charge is 0.222 e. The highest BCUT2D eigenvalue weighted by Gasteiger charge is 2.11. The molecule has 0 spiro atoms. The molecule has 0 saturated heterocycles. The molecule has 0 aliphatic rings. The minimum absolute atomic E-state index is 0.0435. The van der Waals surface area contributed by atoms with Gasteiger partial charge in [0.15, 0.2) is 0 Å². The third-order valence-electron chi connectivity index (χ3n) is 4.74. The zero-order valence-electron chi connectivity index (χ0n) is 17.1. The summed E-state index contributed by atoms with van der Waals surface area (Å²) in [5.41, 5.74) is 0. The third-order valence-corrected chi connectivity index (χ3v) is 4.74. The first kappa shape index (κ1) is 25.1. The minimum atomic E-state index is -0.0435. The maximum absolute atomic E-state index is 12.0. The van der Waals surface area contributed by atoms with Crippen molar-refractivity contribution in [1.82, 2.24) is 4.90 Å². The zero-order valence-corrected chi connectivity index (χ0v) is 17.1. The fourth-order valence-electron chi connectivity index (χ4n) is 3.11. The van der Waals surface area contributed by atoms with Crippen molar-refractivity contribution in [3.8, 4) is 0 Å². The maximum Gasteiger partial charge on any atom is 0.222 e. The van der Waals surface area contributed by atoms with Gasteiger partial charge in [-0.2, -0.15) is 0 Å². The van der Waals surface area contributed by atoms with Crippen LogP contribution in [0.25, 0.3) is 0 Å². The van der Waals surface area contributed by atoms with Crippen molar-refractivity contribution < 1.29 is 15.0 Å². The zero-order chi connectivity index (χ0) is 19.3. The standard InChI is InChI=1S/C22H43NO3/c1-2-3-4-5-6-7-8-9-10-11-12-13-14-15-16-17-22(26)23(18-20-24)19-21-25/h9-10,24-25H,2-8,11-21H2,1H3/b10-9+. The molecule has 154 valence electrons. The quantitative estimate of drug-likeness (QED) is 0.253. The minimum Gasteiger partial charge on any atom is -0.395 e. The predicted octanol–water partition coefficient (Wildman–Crippen LogP) is 4.84. The van der Waals surface area contributed by atoms with Crippen molar-refractivity contribution in [2.75, 3.05) is 26.3 Å². The molecule has 26 heavy (non-hydrogen) atoms. The van der Waals surface area contributed by atoms with Crippen molar-refractivity contribution in [2.45, 2.75) is 96.8 Å². The highest BCUT2D eigenvalue weighted by molar-refractivity contribution is 5.76. The summed E-state index contributed by atoms with van der Waals surface area (Å²) >= 11 is 0. The Kier molecular flexibility index (Phi) is 19.8. The van der Waals surface area contributed by atoms with Crippen LogP contribution < -0.4 is 0 Å². The van der Waals surface area contributed by atoms with Gasteiger partial charge in [-0.05, 0) is 32.1 Å². The van der Waals surface area contributed by atoms with Crippen molar-refractivity contribution in [2.24, 2.45) is 0 Å². The van der Waals surface area contributed by atoms with Crippen molar-refractivity contribution >= 4 is 5.91 Å². The number of carbonyl (C=O) groups is 1. The Morgan fingerprint density at radius 2 is 1.19 bits per heavy atom. The summed E-state index contributed by atoms with van der Waals surface area (Å²) < 4.78 is 0. The SMILES string of the molecule is CCCCCCCC/C=C/CCCCCCCC(=O)N(CCO)CCO. The molecule has 0 atom stereocenters. The molecule has 0 radical (unpaired) electrons. The Morgan fingerprint density at radius 3 is 1.69 bits per heavy atom. The maximum atomic E-state index is 12.0. The van der Waals surface area contributed by atoms with Gasteiger partial charge in [0.2, 0.25) is 5.91 Å². The lowest BCUT2D eigenvalue weighted by Crippen LogP contribution is -2.35. The summed E-state index contributed by atoms with van der Waals surface area (Å²) in [6.45, 7) is 2.82. The summed E-state index contributed by atoms with van der Waals surface area (Å²) in [6, 6.07) is 0. The van der Waals surface area contributed by atoms with Gasteiger partial charge in [0.25, 0.3) is 0 Å². The molecule has 1 amide bonds. The first-order valence-electron chi connectivity index (χ1n) is 10.9. The Morgan fingerprint density at radius 1 is 0.731 bits per heavy atom. The van der Waals surface area contributed by atoms with Crippen LogP contribution in [0.15, 0.2) is 12.2 Å². The summed E-state index contributed by atoms with van der Waals surface area (Å²) in [7, 11) is 0. The first-order chi connectivity index (χ1) is 12.8. The van der Waals surface area contributed by atoms with Crippen LogP contribution in [0.3, 0.4) is 0 Å². The van der Waals surface area contributed by atoms with Gasteiger partial charge in [-0.1, -0.05) is 70.4 Å². The molecule has 0 aromatic carbocycles. The fourth-order valence-corrected chi connectivity index (χ4v) is 3.11. The van der Waals surface area contributed by atoms with E-state index in [0.717, 1.165) is 12.8 Å². The number of amides is 1. The number of nitrogens with zero attached hydrogens (tertiary/aromatic N) is 1. The summed E-state index contributed by atoms with van der Waals surface area (Å²) in [5, 5.41) is 17.9. The fraction of sp³-hybridized carbons (Fsp3) is 0.864. The second-order valence-corrected chi connectivity index (χ2v) is 7.16. The van der Waals surface area contributed by atoms with Crippen molar-refractivity contribution in [1.29, 1.82) is 0 Å². The first-order valence-corrected chi connectivity index (χ1v) is 10.9. The van der Waals surface area contributed by atoms with Crippen LogP contribution in [0, 0.1) is 0 Å². The lowest BCUT2D eigenvalue weighted by Gasteiger charge is -2.20. The Labute approximate surface area is 161 Å². The number of rotatable bonds is 19. The van der Waals surface area contributed by atoms with Crippen LogP contribution in [-0.2, 0) is 4.79 Å². The molecule has 0 aromatic rings. The Bertz CT molecular complexity index is 325. The van der Waals surface area contributed by atoms with E-state index in [1.807, 2.05) is 0 Å². The molecular formula is C22H43NO3. The average Bonchev–Trinajstić information content (AvgIpc) is 2.64. The van der Waals surface area contributed by atoms with Gasteiger partial charge in [-0.3, -0.25) is 4.79 Å². The molecule has 0 bridgehead atoms. The van der Waals surface area contributed by atoms with E-state index in [1.54, 1.807) is 4.90 Å². The van der Waals surface area contributed by atoms with Crippen LogP contribution in [0.1, 0.15) is 96.8 Å². The number of allylic oxidation sites excluding steroid dienone is 2. The van der Waals surface area contributed by atoms with Crippen LogP contribution >= 0.6 is 0 Å². The van der Waals surface area contributed by atoms with E-state index in [2.05, 4.69) is 19.1 Å². The lowest BCUT2D eigenvalue weighted by molar-refractivity contribution is -0.132. The van der Waals surface area contributed by atoms with Gasteiger partial charge < -0.3 is 15.1 Å². The monoisotopic (exact) mass is 369 g/mol. The number of carbonyl (C=O) groups excluding carboxylic acids is 1. The van der Waals surface area contributed by atoms with E-state index in [9.17, 15) is 4.79 Å². The molecule has 0 aromatic heterocycles. The third kappa shape index (κ3) is 16.6. The van der Waals surface area contributed by atoms with Gasteiger partial charge in [0.1, 0.15) is 0 Å². The number of aliphatic hydroxyl groups excluding tert-OH is 2. The largest absolute Gasteiger partial charge is 0.395 e. The second kappa shape index (κ2) is 20.4. The summed E-state index contributed by atoms with van der Waals surface area (Å²) in [6.07, 6.45) is 21.4. The average molecular weight is 370 g/mol. The van der Waals surface area contributed by atoms with Gasteiger partial charge >= 0.3 is 0 Å². The van der Waals surface area contributed by atoms with Crippen molar-refractivity contribution in [3.05, 3.63) is 12.2 Å². The van der Waals surface area contributed by atoms with Gasteiger partial charge in [0, 0.05) is 19.5 Å². The van der Waals surface area contributed by atoms with Gasteiger partial charge in [-0.25, -0.2) is 0 Å². The topological polar surface area (TPSA) is 60.8 Å².